The average Bonchev–Trinajstić information content (AvgIpc) is 2.52. The lowest BCUT2D eigenvalue weighted by Crippen LogP contribution is -2.37. The topological polar surface area (TPSA) is 65.0 Å². The van der Waals surface area contributed by atoms with E-state index < -0.39 is 11.5 Å². The molecule has 5 nitrogen and oxygen atoms in total. The number of carbonyl (C=O) groups is 2. The zero-order valence-electron chi connectivity index (χ0n) is 14.5. The van der Waals surface area contributed by atoms with Crippen molar-refractivity contribution >= 4 is 29.8 Å². The first-order chi connectivity index (χ1) is 11.3. The summed E-state index contributed by atoms with van der Waals surface area (Å²) in [7, 11) is 0. The second-order valence-electron chi connectivity index (χ2n) is 5.84. The fourth-order valence-corrected chi connectivity index (χ4v) is 2.03. The number of aliphatic imine (C=N–C) groups is 1. The molecule has 1 aromatic carbocycles. The molecule has 0 amide bonds. The van der Waals surface area contributed by atoms with E-state index in [9.17, 15) is 9.59 Å². The Kier molecular flexibility index (Phi) is 7.92. The minimum absolute atomic E-state index is 0.0928. The molecule has 0 N–H and O–H groups in total. The zero-order chi connectivity index (χ0) is 18.2. The number of ether oxygens (including phenoxy) is 2. The van der Waals surface area contributed by atoms with Crippen LogP contribution in [-0.2, 0) is 19.1 Å². The van der Waals surface area contributed by atoms with Gasteiger partial charge in [-0.3, -0.25) is 9.79 Å². The van der Waals surface area contributed by atoms with E-state index in [4.69, 9.17) is 21.1 Å². The van der Waals surface area contributed by atoms with Crippen molar-refractivity contribution in [2.45, 2.75) is 52.2 Å². The number of hydrogen-bond donors (Lipinski definition) is 0. The molecule has 0 spiro atoms. The number of benzene rings is 1. The molecule has 0 radical (unpaired) electrons. The summed E-state index contributed by atoms with van der Waals surface area (Å²) < 4.78 is 10.2. The van der Waals surface area contributed by atoms with Crippen molar-refractivity contribution in [2.75, 3.05) is 6.61 Å². The second kappa shape index (κ2) is 9.42. The van der Waals surface area contributed by atoms with Gasteiger partial charge in [0.1, 0.15) is 0 Å². The predicted molar refractivity (Wildman–Crippen MR) is 94.5 cm³/mol. The Hall–Kier alpha value is -1.88. The molecule has 0 aromatic heterocycles. The molecule has 1 rings (SSSR count). The maximum atomic E-state index is 12.4. The maximum absolute atomic E-state index is 12.4. The molecule has 0 aliphatic heterocycles. The van der Waals surface area contributed by atoms with Gasteiger partial charge in [0.15, 0.2) is 5.54 Å². The van der Waals surface area contributed by atoms with Crippen molar-refractivity contribution in [1.29, 1.82) is 0 Å². The van der Waals surface area contributed by atoms with E-state index in [0.717, 1.165) is 5.56 Å². The molecule has 0 aliphatic carbocycles. The fraction of sp³-hybridized carbons (Fsp3) is 0.500. The second-order valence-corrected chi connectivity index (χ2v) is 6.28. The largest absolute Gasteiger partial charge is 0.466 e. The van der Waals surface area contributed by atoms with Crippen LogP contribution in [0.4, 0.5) is 0 Å². The van der Waals surface area contributed by atoms with Crippen molar-refractivity contribution in [3.63, 3.8) is 0 Å². The molecule has 1 atom stereocenters. The van der Waals surface area contributed by atoms with E-state index in [1.54, 1.807) is 58.2 Å². The molecule has 1 aromatic rings. The number of hydrogen-bond acceptors (Lipinski definition) is 5. The molecule has 0 heterocycles. The third-order valence-electron chi connectivity index (χ3n) is 3.27. The van der Waals surface area contributed by atoms with Crippen LogP contribution in [0.5, 0.6) is 0 Å². The molecule has 0 saturated heterocycles. The van der Waals surface area contributed by atoms with E-state index in [0.29, 0.717) is 11.6 Å². The number of halogens is 1. The molecule has 0 aliphatic rings. The van der Waals surface area contributed by atoms with Crippen molar-refractivity contribution in [1.82, 2.24) is 0 Å². The van der Waals surface area contributed by atoms with Crippen LogP contribution in [0.25, 0.3) is 0 Å². The number of rotatable bonds is 8. The Labute approximate surface area is 148 Å². The van der Waals surface area contributed by atoms with E-state index in [1.165, 1.54) is 0 Å². The minimum Gasteiger partial charge on any atom is -0.466 e. The lowest BCUT2D eigenvalue weighted by molar-refractivity contribution is -0.154. The molecule has 132 valence electrons. The van der Waals surface area contributed by atoms with Gasteiger partial charge in [-0.1, -0.05) is 23.7 Å². The zero-order valence-corrected chi connectivity index (χ0v) is 15.3. The summed E-state index contributed by atoms with van der Waals surface area (Å²) in [6.45, 7) is 7.24. The first-order valence-corrected chi connectivity index (χ1v) is 8.32. The summed E-state index contributed by atoms with van der Waals surface area (Å²) >= 11 is 5.85. The van der Waals surface area contributed by atoms with Gasteiger partial charge in [0.2, 0.25) is 0 Å². The molecule has 0 saturated carbocycles. The normalized spacial score (nSPS) is 13.8. The summed E-state index contributed by atoms with van der Waals surface area (Å²) in [6, 6.07) is 7.08. The monoisotopic (exact) mass is 353 g/mol. The minimum atomic E-state index is -1.16. The standard InChI is InChI=1S/C18H24ClNO4/c1-5-23-16(21)10-11-18(4,17(22)24-13(2)3)20-12-14-6-8-15(19)9-7-14/h6-9,12-13H,5,10-11H2,1-4H3. The van der Waals surface area contributed by atoms with E-state index in [2.05, 4.69) is 4.99 Å². The molecule has 6 heteroatoms. The van der Waals surface area contributed by atoms with Crippen LogP contribution in [-0.4, -0.2) is 36.4 Å². The SMILES string of the molecule is CCOC(=O)CCC(C)(N=Cc1ccc(Cl)cc1)C(=O)OC(C)C. The smallest absolute Gasteiger partial charge is 0.333 e. The number of carbonyl (C=O) groups excluding carboxylic acids is 2. The van der Waals surface area contributed by atoms with Gasteiger partial charge in [-0.2, -0.15) is 0 Å². The van der Waals surface area contributed by atoms with E-state index >= 15 is 0 Å². The Morgan fingerprint density at radius 2 is 1.92 bits per heavy atom. The van der Waals surface area contributed by atoms with E-state index in [1.807, 2.05) is 0 Å². The highest BCUT2D eigenvalue weighted by Gasteiger charge is 2.35. The lowest BCUT2D eigenvalue weighted by Gasteiger charge is -2.24. The molecular weight excluding hydrogens is 330 g/mol. The highest BCUT2D eigenvalue weighted by atomic mass is 35.5. The Morgan fingerprint density at radius 3 is 2.46 bits per heavy atom. The molecule has 24 heavy (non-hydrogen) atoms. The van der Waals surface area contributed by atoms with Crippen molar-refractivity contribution in [3.8, 4) is 0 Å². The van der Waals surface area contributed by atoms with Crippen LogP contribution in [0.3, 0.4) is 0 Å². The quantitative estimate of drug-likeness (QED) is 0.526. The van der Waals surface area contributed by atoms with Crippen molar-refractivity contribution in [2.24, 2.45) is 4.99 Å². The van der Waals surface area contributed by atoms with Gasteiger partial charge < -0.3 is 9.47 Å². The van der Waals surface area contributed by atoms with Gasteiger partial charge >= 0.3 is 11.9 Å². The van der Waals surface area contributed by atoms with Crippen LogP contribution in [0.2, 0.25) is 5.02 Å². The lowest BCUT2D eigenvalue weighted by atomic mass is 9.96. The average molecular weight is 354 g/mol. The summed E-state index contributed by atoms with van der Waals surface area (Å²) in [5, 5.41) is 0.622. The maximum Gasteiger partial charge on any atom is 0.333 e. The van der Waals surface area contributed by atoms with Crippen LogP contribution in [0, 0.1) is 0 Å². The van der Waals surface area contributed by atoms with Crippen LogP contribution >= 0.6 is 11.6 Å². The number of esters is 2. The third kappa shape index (κ3) is 6.71. The Bertz CT molecular complexity index is 583. The number of nitrogens with zero attached hydrogens (tertiary/aromatic N) is 1. The van der Waals surface area contributed by atoms with Gasteiger partial charge in [0.05, 0.1) is 12.7 Å². The molecular formula is C18H24ClNO4. The molecule has 0 bridgehead atoms. The first-order valence-electron chi connectivity index (χ1n) is 7.94. The highest BCUT2D eigenvalue weighted by Crippen LogP contribution is 2.21. The van der Waals surface area contributed by atoms with Crippen molar-refractivity contribution < 1.29 is 19.1 Å². The molecule has 0 fully saturated rings. The summed E-state index contributed by atoms with van der Waals surface area (Å²) in [4.78, 5) is 28.4. The van der Waals surface area contributed by atoms with Crippen molar-refractivity contribution in [3.05, 3.63) is 34.9 Å². The van der Waals surface area contributed by atoms with Gasteiger partial charge in [0, 0.05) is 17.7 Å². The van der Waals surface area contributed by atoms with Gasteiger partial charge in [-0.25, -0.2) is 4.79 Å². The van der Waals surface area contributed by atoms with E-state index in [-0.39, 0.29) is 24.9 Å². The fourth-order valence-electron chi connectivity index (χ4n) is 1.90. The van der Waals surface area contributed by atoms with Gasteiger partial charge in [0.25, 0.3) is 0 Å². The van der Waals surface area contributed by atoms with Gasteiger partial charge in [-0.05, 0) is 51.8 Å². The Balaban J connectivity index is 2.92. The third-order valence-corrected chi connectivity index (χ3v) is 3.52. The summed E-state index contributed by atoms with van der Waals surface area (Å²) in [6.07, 6.45) is 1.63. The van der Waals surface area contributed by atoms with Crippen LogP contribution in [0.1, 0.15) is 46.1 Å². The van der Waals surface area contributed by atoms with Crippen LogP contribution in [0.15, 0.2) is 29.3 Å². The Morgan fingerprint density at radius 1 is 1.29 bits per heavy atom. The molecule has 1 unspecified atom stereocenters. The first kappa shape index (κ1) is 20.2. The summed E-state index contributed by atoms with van der Waals surface area (Å²) in [5.74, 6) is -0.824. The highest BCUT2D eigenvalue weighted by molar-refractivity contribution is 6.30. The predicted octanol–water partition coefficient (Wildman–Crippen LogP) is 3.81. The van der Waals surface area contributed by atoms with Gasteiger partial charge in [-0.15, -0.1) is 0 Å². The van der Waals surface area contributed by atoms with Crippen LogP contribution < -0.4 is 0 Å². The summed E-state index contributed by atoms with van der Waals surface area (Å²) in [5.41, 5.74) is -0.351.